The lowest BCUT2D eigenvalue weighted by molar-refractivity contribution is -0.114. The zero-order valence-corrected chi connectivity index (χ0v) is 19.4. The van der Waals surface area contributed by atoms with Gasteiger partial charge in [0, 0.05) is 25.0 Å². The lowest BCUT2D eigenvalue weighted by Gasteiger charge is -2.16. The highest BCUT2D eigenvalue weighted by atomic mass is 32.2. The number of carbonyl (C=O) groups excluding carboxylic acids is 1. The Kier molecular flexibility index (Phi) is 6.73. The fourth-order valence-corrected chi connectivity index (χ4v) is 6.35. The van der Waals surface area contributed by atoms with E-state index in [1.165, 1.54) is 16.4 Å². The second-order valence-corrected chi connectivity index (χ2v) is 11.6. The van der Waals surface area contributed by atoms with E-state index in [1.807, 2.05) is 6.92 Å². The molecular formula is C21H27N3O5S2. The summed E-state index contributed by atoms with van der Waals surface area (Å²) in [6.07, 6.45) is 2.86. The highest BCUT2D eigenvalue weighted by molar-refractivity contribution is 7.91. The number of sulfonamides is 1. The molecule has 1 aliphatic heterocycles. The Morgan fingerprint density at radius 2 is 1.58 bits per heavy atom. The Morgan fingerprint density at radius 3 is 2.16 bits per heavy atom. The molecule has 1 fully saturated rings. The third-order valence-corrected chi connectivity index (χ3v) is 8.51. The molecule has 0 aromatic heterocycles. The summed E-state index contributed by atoms with van der Waals surface area (Å²) < 4.78 is 51.0. The van der Waals surface area contributed by atoms with E-state index in [0.29, 0.717) is 30.0 Å². The quantitative estimate of drug-likeness (QED) is 0.650. The number of nitrogens with one attached hydrogen (secondary N) is 2. The maximum atomic E-state index is 12.6. The molecule has 1 heterocycles. The average molecular weight is 466 g/mol. The van der Waals surface area contributed by atoms with Gasteiger partial charge in [0.05, 0.1) is 22.0 Å². The topological polar surface area (TPSA) is 113 Å². The SMILES string of the molecule is Cc1ccc(NCC(=O)Nc2ccc(S(=O)(=O)N3CCCC3)cc2)c(S(C)(=O)=O)c1C. The maximum absolute atomic E-state index is 12.6. The van der Waals surface area contributed by atoms with Crippen molar-refractivity contribution in [2.75, 3.05) is 36.5 Å². The highest BCUT2D eigenvalue weighted by Crippen LogP contribution is 2.27. The van der Waals surface area contributed by atoms with Crippen molar-refractivity contribution in [1.29, 1.82) is 0 Å². The van der Waals surface area contributed by atoms with Gasteiger partial charge in [-0.15, -0.1) is 0 Å². The first kappa shape index (κ1) is 23.2. The second-order valence-electron chi connectivity index (χ2n) is 7.69. The van der Waals surface area contributed by atoms with Crippen LogP contribution in [0.15, 0.2) is 46.2 Å². The van der Waals surface area contributed by atoms with Crippen LogP contribution in [0.3, 0.4) is 0 Å². The number of hydrogen-bond donors (Lipinski definition) is 2. The van der Waals surface area contributed by atoms with Crippen molar-refractivity contribution in [3.05, 3.63) is 47.5 Å². The fraction of sp³-hybridized carbons (Fsp3) is 0.381. The summed E-state index contributed by atoms with van der Waals surface area (Å²) in [5.74, 6) is -0.382. The molecule has 0 aliphatic carbocycles. The summed E-state index contributed by atoms with van der Waals surface area (Å²) in [6.45, 7) is 4.47. The molecular weight excluding hydrogens is 438 g/mol. The van der Waals surface area contributed by atoms with Crippen LogP contribution in [0.4, 0.5) is 11.4 Å². The van der Waals surface area contributed by atoms with E-state index < -0.39 is 19.9 Å². The lowest BCUT2D eigenvalue weighted by atomic mass is 10.1. The molecule has 0 radical (unpaired) electrons. The van der Waals surface area contributed by atoms with Crippen LogP contribution in [-0.4, -0.2) is 52.9 Å². The molecule has 3 rings (SSSR count). The zero-order valence-electron chi connectivity index (χ0n) is 17.8. The molecule has 0 bridgehead atoms. The first-order valence-electron chi connectivity index (χ1n) is 9.94. The number of hydrogen-bond acceptors (Lipinski definition) is 6. The van der Waals surface area contributed by atoms with Crippen molar-refractivity contribution < 1.29 is 21.6 Å². The number of nitrogens with zero attached hydrogens (tertiary/aromatic N) is 1. The number of benzene rings is 2. The summed E-state index contributed by atoms with van der Waals surface area (Å²) in [5.41, 5.74) is 2.31. The van der Waals surface area contributed by atoms with Crippen LogP contribution in [0.5, 0.6) is 0 Å². The molecule has 0 saturated carbocycles. The number of anilines is 2. The smallest absolute Gasteiger partial charge is 0.243 e. The minimum atomic E-state index is -3.51. The van der Waals surface area contributed by atoms with E-state index >= 15 is 0 Å². The molecule has 2 aromatic carbocycles. The van der Waals surface area contributed by atoms with Crippen molar-refractivity contribution in [2.24, 2.45) is 0 Å². The molecule has 1 amide bonds. The predicted molar refractivity (Wildman–Crippen MR) is 121 cm³/mol. The van der Waals surface area contributed by atoms with Crippen molar-refractivity contribution in [3.63, 3.8) is 0 Å². The molecule has 0 spiro atoms. The van der Waals surface area contributed by atoms with Crippen LogP contribution in [0.2, 0.25) is 0 Å². The summed E-state index contributed by atoms with van der Waals surface area (Å²) >= 11 is 0. The molecule has 168 valence electrons. The number of carbonyl (C=O) groups is 1. The highest BCUT2D eigenvalue weighted by Gasteiger charge is 2.27. The molecule has 0 atom stereocenters. The van der Waals surface area contributed by atoms with Gasteiger partial charge in [-0.2, -0.15) is 4.31 Å². The van der Waals surface area contributed by atoms with E-state index in [1.54, 1.807) is 31.2 Å². The van der Waals surface area contributed by atoms with Gasteiger partial charge in [0.15, 0.2) is 9.84 Å². The standard InChI is InChI=1S/C21H27N3O5S2/c1-15-6-11-19(21(16(15)2)30(3,26)27)22-14-20(25)23-17-7-9-18(10-8-17)31(28,29)24-12-4-5-13-24/h6-11,22H,4-5,12-14H2,1-3H3,(H,23,25). The monoisotopic (exact) mass is 465 g/mol. The zero-order chi connectivity index (χ0) is 22.8. The van der Waals surface area contributed by atoms with Crippen molar-refractivity contribution in [3.8, 4) is 0 Å². The molecule has 31 heavy (non-hydrogen) atoms. The molecule has 1 saturated heterocycles. The van der Waals surface area contributed by atoms with Gasteiger partial charge in [-0.05, 0) is 68.1 Å². The van der Waals surface area contributed by atoms with E-state index in [0.717, 1.165) is 24.7 Å². The van der Waals surface area contributed by atoms with Crippen molar-refractivity contribution in [2.45, 2.75) is 36.5 Å². The van der Waals surface area contributed by atoms with Crippen molar-refractivity contribution in [1.82, 2.24) is 4.31 Å². The minimum Gasteiger partial charge on any atom is -0.375 e. The van der Waals surface area contributed by atoms with Crippen LogP contribution in [0, 0.1) is 13.8 Å². The second kappa shape index (κ2) is 8.97. The number of rotatable bonds is 7. The summed E-state index contributed by atoms with van der Waals surface area (Å²) in [5, 5.41) is 5.57. The Hall–Kier alpha value is -2.43. The van der Waals surface area contributed by atoms with Crippen LogP contribution < -0.4 is 10.6 Å². The molecule has 8 nitrogen and oxygen atoms in total. The molecule has 2 aromatic rings. The van der Waals surface area contributed by atoms with E-state index in [4.69, 9.17) is 0 Å². The van der Waals surface area contributed by atoms with Gasteiger partial charge in [-0.3, -0.25) is 4.79 Å². The Labute approximate surface area is 183 Å². The normalized spacial score (nSPS) is 15.1. The maximum Gasteiger partial charge on any atom is 0.243 e. The largest absolute Gasteiger partial charge is 0.375 e. The Morgan fingerprint density at radius 1 is 0.968 bits per heavy atom. The van der Waals surface area contributed by atoms with Gasteiger partial charge in [0.1, 0.15) is 0 Å². The predicted octanol–water partition coefficient (Wildman–Crippen LogP) is 2.54. The number of sulfone groups is 1. The van der Waals surface area contributed by atoms with Gasteiger partial charge in [-0.25, -0.2) is 16.8 Å². The van der Waals surface area contributed by atoms with Gasteiger partial charge in [0.2, 0.25) is 15.9 Å². The third kappa shape index (κ3) is 5.25. The van der Waals surface area contributed by atoms with Crippen LogP contribution >= 0.6 is 0 Å². The molecule has 2 N–H and O–H groups in total. The summed E-state index contributed by atoms with van der Waals surface area (Å²) in [7, 11) is -6.98. The van der Waals surface area contributed by atoms with E-state index in [9.17, 15) is 21.6 Å². The van der Waals surface area contributed by atoms with Crippen LogP contribution in [0.1, 0.15) is 24.0 Å². The Balaban J connectivity index is 1.67. The van der Waals surface area contributed by atoms with E-state index in [2.05, 4.69) is 10.6 Å². The molecule has 0 unspecified atom stereocenters. The minimum absolute atomic E-state index is 0.140. The number of aryl methyl sites for hydroxylation is 1. The number of amides is 1. The molecule has 1 aliphatic rings. The van der Waals surface area contributed by atoms with Crippen molar-refractivity contribution >= 4 is 37.1 Å². The van der Waals surface area contributed by atoms with Crippen LogP contribution in [0.25, 0.3) is 0 Å². The van der Waals surface area contributed by atoms with Gasteiger partial charge in [0.25, 0.3) is 0 Å². The first-order valence-corrected chi connectivity index (χ1v) is 13.3. The summed E-state index contributed by atoms with van der Waals surface area (Å²) in [6, 6.07) is 9.47. The van der Waals surface area contributed by atoms with E-state index in [-0.39, 0.29) is 22.2 Å². The van der Waals surface area contributed by atoms with Crippen LogP contribution in [-0.2, 0) is 24.7 Å². The summed E-state index contributed by atoms with van der Waals surface area (Å²) in [4.78, 5) is 12.7. The molecule has 10 heteroatoms. The van der Waals surface area contributed by atoms with Gasteiger partial charge < -0.3 is 10.6 Å². The Bertz CT molecular complexity index is 1180. The van der Waals surface area contributed by atoms with Gasteiger partial charge >= 0.3 is 0 Å². The van der Waals surface area contributed by atoms with Gasteiger partial charge in [-0.1, -0.05) is 6.07 Å². The third-order valence-electron chi connectivity index (χ3n) is 5.33. The first-order chi connectivity index (χ1) is 14.5. The average Bonchev–Trinajstić information content (AvgIpc) is 3.24. The lowest BCUT2D eigenvalue weighted by Crippen LogP contribution is -2.27. The fourth-order valence-electron chi connectivity index (χ4n) is 3.58.